The molecule has 6 unspecified atom stereocenters. The van der Waals surface area contributed by atoms with E-state index in [9.17, 15) is 44.6 Å². The highest BCUT2D eigenvalue weighted by atomic mass is 31.2. The van der Waals surface area contributed by atoms with Crippen LogP contribution in [0.2, 0.25) is 0 Å². The second-order valence-electron chi connectivity index (χ2n) is 14.8. The topological polar surface area (TPSA) is 210 Å². The number of hydrogen-bond donors (Lipinski definition) is 6. The second kappa shape index (κ2) is 31.6. The van der Waals surface area contributed by atoms with Crippen molar-refractivity contribution in [3.8, 4) is 0 Å². The van der Waals surface area contributed by atoms with Crippen LogP contribution in [0.15, 0.2) is 12.2 Å². The minimum Gasteiger partial charge on any atom is -0.462 e. The summed E-state index contributed by atoms with van der Waals surface area (Å²) in [5.41, 5.74) is 0. The fourth-order valence-electron chi connectivity index (χ4n) is 6.39. The summed E-state index contributed by atoms with van der Waals surface area (Å²) in [7, 11) is -5.11. The highest BCUT2D eigenvalue weighted by Gasteiger charge is 2.51. The van der Waals surface area contributed by atoms with Crippen LogP contribution in [0.4, 0.5) is 0 Å². The molecule has 318 valence electrons. The molecule has 1 rings (SSSR count). The monoisotopic (exact) mass is 794 g/mol. The highest BCUT2D eigenvalue weighted by Crippen LogP contribution is 2.47. The summed E-state index contributed by atoms with van der Waals surface area (Å²) in [5, 5.41) is 50.0. The number of esters is 2. The van der Waals surface area contributed by atoms with Gasteiger partial charge in [-0.05, 0) is 32.1 Å². The van der Waals surface area contributed by atoms with E-state index in [2.05, 4.69) is 26.0 Å². The van der Waals surface area contributed by atoms with E-state index in [-0.39, 0.29) is 12.8 Å². The van der Waals surface area contributed by atoms with Gasteiger partial charge in [-0.3, -0.25) is 18.6 Å². The molecule has 6 N–H and O–H groups in total. The first-order valence-electron chi connectivity index (χ1n) is 21.0. The molecular weight excluding hydrogens is 719 g/mol. The third-order valence-corrected chi connectivity index (χ3v) is 10.8. The zero-order valence-corrected chi connectivity index (χ0v) is 34.2. The van der Waals surface area contributed by atoms with Crippen molar-refractivity contribution in [1.29, 1.82) is 0 Å². The van der Waals surface area contributed by atoms with Crippen molar-refractivity contribution in [3.63, 3.8) is 0 Å². The summed E-state index contributed by atoms with van der Waals surface area (Å²) in [4.78, 5) is 35.5. The molecule has 0 aromatic carbocycles. The number of phosphoric acid groups is 1. The van der Waals surface area contributed by atoms with Gasteiger partial charge in [-0.25, -0.2) is 4.57 Å². The van der Waals surface area contributed by atoms with Crippen molar-refractivity contribution in [2.45, 2.75) is 217 Å². The molecule has 0 aliphatic heterocycles. The summed E-state index contributed by atoms with van der Waals surface area (Å²) in [6.07, 6.45) is 17.1. The van der Waals surface area contributed by atoms with Crippen LogP contribution in [0.1, 0.15) is 174 Å². The summed E-state index contributed by atoms with van der Waals surface area (Å²) >= 11 is 0. The van der Waals surface area contributed by atoms with E-state index in [0.717, 1.165) is 57.8 Å². The molecule has 0 bridgehead atoms. The molecule has 13 nitrogen and oxygen atoms in total. The minimum atomic E-state index is -5.11. The summed E-state index contributed by atoms with van der Waals surface area (Å²) in [6, 6.07) is 0. The summed E-state index contributed by atoms with van der Waals surface area (Å²) < 4.78 is 33.4. The summed E-state index contributed by atoms with van der Waals surface area (Å²) in [6.45, 7) is 3.23. The molecule has 0 saturated heterocycles. The van der Waals surface area contributed by atoms with Gasteiger partial charge in [0.25, 0.3) is 0 Å². The Morgan fingerprint density at radius 1 is 0.556 bits per heavy atom. The molecule has 1 saturated carbocycles. The van der Waals surface area contributed by atoms with E-state index in [1.54, 1.807) is 0 Å². The van der Waals surface area contributed by atoms with Crippen LogP contribution in [0, 0.1) is 0 Å². The fourth-order valence-corrected chi connectivity index (χ4v) is 7.36. The van der Waals surface area contributed by atoms with Gasteiger partial charge in [0.2, 0.25) is 0 Å². The molecule has 1 fully saturated rings. The molecule has 8 atom stereocenters. The number of aliphatic hydroxyl groups excluding tert-OH is 5. The number of carbonyl (C=O) groups excluding carboxylic acids is 2. The standard InChI is InChI=1S/C40H75O13P/c1-3-5-7-9-11-13-15-16-17-19-21-23-25-27-29-34(42)52-32(30-50-33(41)28-26-24-22-20-18-14-12-10-8-6-4-2)31-51-54(48,49)53-40-38(46)36(44)35(43)37(45)39(40)47/h10,12,32,35-40,43-47H,3-9,11,13-31H2,1-2H3,(H,48,49)/b12-10-/t32-,35?,36-,37?,38?,39?,40?/m1/s1. The largest absolute Gasteiger partial charge is 0.472 e. The van der Waals surface area contributed by atoms with Crippen molar-refractivity contribution in [1.82, 2.24) is 0 Å². The number of aliphatic hydroxyl groups is 5. The van der Waals surface area contributed by atoms with Crippen molar-refractivity contribution < 1.29 is 63.1 Å². The number of hydrogen-bond acceptors (Lipinski definition) is 12. The lowest BCUT2D eigenvalue weighted by atomic mass is 9.85. The van der Waals surface area contributed by atoms with Gasteiger partial charge in [-0.1, -0.05) is 142 Å². The Balaban J connectivity index is 2.51. The molecule has 0 aromatic heterocycles. The maximum absolute atomic E-state index is 12.8. The smallest absolute Gasteiger partial charge is 0.462 e. The molecule has 0 heterocycles. The Hall–Kier alpha value is -1.41. The zero-order chi connectivity index (χ0) is 40.0. The Labute approximate surface area is 324 Å². The zero-order valence-electron chi connectivity index (χ0n) is 33.3. The molecule has 0 amide bonds. The van der Waals surface area contributed by atoms with E-state index in [4.69, 9.17) is 18.5 Å². The Morgan fingerprint density at radius 2 is 0.963 bits per heavy atom. The fraction of sp³-hybridized carbons (Fsp3) is 0.900. The van der Waals surface area contributed by atoms with Gasteiger partial charge in [0.15, 0.2) is 6.10 Å². The molecular formula is C40H75O13P. The second-order valence-corrected chi connectivity index (χ2v) is 16.3. The predicted octanol–water partition coefficient (Wildman–Crippen LogP) is 7.11. The van der Waals surface area contributed by atoms with E-state index in [1.807, 2.05) is 0 Å². The van der Waals surface area contributed by atoms with Gasteiger partial charge >= 0.3 is 19.8 Å². The normalized spacial score (nSPS) is 23.3. The molecule has 14 heteroatoms. The molecule has 0 radical (unpaired) electrons. The van der Waals surface area contributed by atoms with Crippen molar-refractivity contribution >= 4 is 19.8 Å². The Bertz CT molecular complexity index is 1010. The van der Waals surface area contributed by atoms with Crippen LogP contribution >= 0.6 is 7.82 Å². The lowest BCUT2D eigenvalue weighted by Gasteiger charge is -2.41. The van der Waals surface area contributed by atoms with Crippen molar-refractivity contribution in [3.05, 3.63) is 12.2 Å². The Morgan fingerprint density at radius 3 is 1.46 bits per heavy atom. The van der Waals surface area contributed by atoms with Crippen LogP contribution in [0.5, 0.6) is 0 Å². The highest BCUT2D eigenvalue weighted by molar-refractivity contribution is 7.47. The third-order valence-electron chi connectivity index (χ3n) is 9.86. The first-order chi connectivity index (χ1) is 25.9. The first-order valence-corrected chi connectivity index (χ1v) is 22.5. The van der Waals surface area contributed by atoms with Crippen LogP contribution in [-0.2, 0) is 32.7 Å². The van der Waals surface area contributed by atoms with Gasteiger partial charge in [-0.15, -0.1) is 0 Å². The van der Waals surface area contributed by atoms with Crippen molar-refractivity contribution in [2.75, 3.05) is 13.2 Å². The summed E-state index contributed by atoms with van der Waals surface area (Å²) in [5.74, 6) is -1.11. The van der Waals surface area contributed by atoms with E-state index in [0.29, 0.717) is 12.8 Å². The van der Waals surface area contributed by atoms with Gasteiger partial charge in [0.1, 0.15) is 43.2 Å². The van der Waals surface area contributed by atoms with Crippen LogP contribution in [0.3, 0.4) is 0 Å². The minimum absolute atomic E-state index is 0.100. The van der Waals surface area contributed by atoms with Gasteiger partial charge < -0.3 is 39.9 Å². The molecule has 1 aliphatic rings. The molecule has 1 aliphatic carbocycles. The van der Waals surface area contributed by atoms with Crippen LogP contribution in [0.25, 0.3) is 0 Å². The number of allylic oxidation sites excluding steroid dienone is 2. The quantitative estimate of drug-likeness (QED) is 0.0166. The number of rotatable bonds is 34. The van der Waals surface area contributed by atoms with Gasteiger partial charge in [0.05, 0.1) is 6.61 Å². The number of unbranched alkanes of at least 4 members (excludes halogenated alkanes) is 20. The van der Waals surface area contributed by atoms with E-state index < -0.39 is 75.7 Å². The van der Waals surface area contributed by atoms with Crippen molar-refractivity contribution in [2.24, 2.45) is 0 Å². The lowest BCUT2D eigenvalue weighted by Crippen LogP contribution is -2.64. The maximum atomic E-state index is 12.8. The molecule has 0 aromatic rings. The lowest BCUT2D eigenvalue weighted by molar-refractivity contribution is -0.220. The maximum Gasteiger partial charge on any atom is 0.472 e. The Kier molecular flexibility index (Phi) is 29.7. The predicted molar refractivity (Wildman–Crippen MR) is 207 cm³/mol. The van der Waals surface area contributed by atoms with Crippen LogP contribution < -0.4 is 0 Å². The third kappa shape index (κ3) is 24.3. The average molecular weight is 795 g/mol. The average Bonchev–Trinajstić information content (AvgIpc) is 3.15. The molecule has 0 spiro atoms. The number of phosphoric ester groups is 1. The molecule has 54 heavy (non-hydrogen) atoms. The van der Waals surface area contributed by atoms with E-state index >= 15 is 0 Å². The SMILES string of the molecule is CCCC/C=C\CCCCCCCC(=O)OC[C@H](COP(=O)(O)OC1C(O)C(O)C(O)[C@@H](O)C1O)OC(=O)CCCCCCCCCCCCCCCC. The number of carbonyl (C=O) groups is 2. The van der Waals surface area contributed by atoms with Gasteiger partial charge in [0, 0.05) is 12.8 Å². The van der Waals surface area contributed by atoms with Crippen LogP contribution in [-0.4, -0.2) is 98.3 Å². The van der Waals surface area contributed by atoms with Gasteiger partial charge in [-0.2, -0.15) is 0 Å². The first kappa shape index (κ1) is 50.6. The number of ether oxygens (including phenoxy) is 2. The van der Waals surface area contributed by atoms with E-state index in [1.165, 1.54) is 77.0 Å².